The number of sulfonamides is 1. The van der Waals surface area contributed by atoms with E-state index in [2.05, 4.69) is 10.0 Å². The van der Waals surface area contributed by atoms with Crippen molar-refractivity contribution >= 4 is 10.0 Å². The van der Waals surface area contributed by atoms with E-state index >= 15 is 0 Å². The fourth-order valence-corrected chi connectivity index (χ4v) is 2.74. The molecular weight excluding hydrogens is 288 g/mol. The van der Waals surface area contributed by atoms with Crippen LogP contribution in [0.25, 0.3) is 0 Å². The molecule has 0 aliphatic heterocycles. The predicted molar refractivity (Wildman–Crippen MR) is 81.4 cm³/mol. The van der Waals surface area contributed by atoms with E-state index < -0.39 is 10.0 Å². The molecule has 0 spiro atoms. The maximum Gasteiger partial charge on any atom is 0.240 e. The van der Waals surface area contributed by atoms with Crippen molar-refractivity contribution in [2.45, 2.75) is 31.3 Å². The Kier molecular flexibility index (Phi) is 4.82. The van der Waals surface area contributed by atoms with E-state index in [0.29, 0.717) is 6.54 Å². The molecule has 2 N–H and O–H groups in total. The topological polar surface area (TPSA) is 71.3 Å². The number of furan rings is 1. The van der Waals surface area contributed by atoms with E-state index in [1.807, 2.05) is 38.1 Å². The highest BCUT2D eigenvalue weighted by atomic mass is 32.2. The normalized spacial score (nSPS) is 13.3. The van der Waals surface area contributed by atoms with Gasteiger partial charge in [0, 0.05) is 6.04 Å². The predicted octanol–water partition coefficient (Wildman–Crippen LogP) is 2.35. The maximum absolute atomic E-state index is 11.7. The number of rotatable bonds is 6. The first kappa shape index (κ1) is 15.8. The first-order valence-electron chi connectivity index (χ1n) is 6.74. The lowest BCUT2D eigenvalue weighted by Crippen LogP contribution is -2.20. The fraction of sp³-hybridized carbons (Fsp3) is 0.333. The molecule has 6 heteroatoms. The van der Waals surface area contributed by atoms with Crippen molar-refractivity contribution < 1.29 is 12.8 Å². The van der Waals surface area contributed by atoms with Gasteiger partial charge in [-0.1, -0.05) is 12.1 Å². The van der Waals surface area contributed by atoms with Crippen LogP contribution >= 0.6 is 0 Å². The van der Waals surface area contributed by atoms with Crippen LogP contribution in [-0.2, 0) is 16.6 Å². The van der Waals surface area contributed by atoms with Gasteiger partial charge in [-0.25, -0.2) is 13.1 Å². The second kappa shape index (κ2) is 6.43. The molecule has 1 atom stereocenters. The molecule has 2 rings (SSSR count). The zero-order chi connectivity index (χ0) is 15.5. The van der Waals surface area contributed by atoms with Gasteiger partial charge in [0.25, 0.3) is 0 Å². The summed E-state index contributed by atoms with van der Waals surface area (Å²) in [6.07, 6.45) is 0. The SMILES string of the molecule is CNS(=O)(=O)c1ccc(C(C)NCc2ccc(C)o2)cc1. The zero-order valence-corrected chi connectivity index (χ0v) is 13.2. The van der Waals surface area contributed by atoms with Gasteiger partial charge in [-0.15, -0.1) is 0 Å². The van der Waals surface area contributed by atoms with Crippen LogP contribution in [0.2, 0.25) is 0 Å². The minimum absolute atomic E-state index is 0.0988. The van der Waals surface area contributed by atoms with Crippen LogP contribution in [-0.4, -0.2) is 15.5 Å². The van der Waals surface area contributed by atoms with Gasteiger partial charge in [0.1, 0.15) is 11.5 Å². The Hall–Kier alpha value is -1.63. The Balaban J connectivity index is 2.01. The van der Waals surface area contributed by atoms with Gasteiger partial charge in [0.2, 0.25) is 10.0 Å². The van der Waals surface area contributed by atoms with Crippen LogP contribution in [0, 0.1) is 6.92 Å². The molecular formula is C15H20N2O3S. The molecule has 0 saturated carbocycles. The second-order valence-corrected chi connectivity index (χ2v) is 6.78. The molecule has 1 aromatic carbocycles. The van der Waals surface area contributed by atoms with Gasteiger partial charge < -0.3 is 9.73 Å². The highest BCUT2D eigenvalue weighted by Gasteiger charge is 2.12. The molecule has 5 nitrogen and oxygen atoms in total. The minimum atomic E-state index is -3.38. The number of nitrogens with one attached hydrogen (secondary N) is 2. The quantitative estimate of drug-likeness (QED) is 0.859. The van der Waals surface area contributed by atoms with Crippen LogP contribution in [0.3, 0.4) is 0 Å². The van der Waals surface area contributed by atoms with E-state index in [-0.39, 0.29) is 10.9 Å². The highest BCUT2D eigenvalue weighted by molar-refractivity contribution is 7.89. The average Bonchev–Trinajstić information content (AvgIpc) is 2.90. The minimum Gasteiger partial charge on any atom is -0.465 e. The van der Waals surface area contributed by atoms with Crippen molar-refractivity contribution in [1.82, 2.24) is 10.0 Å². The van der Waals surface area contributed by atoms with Gasteiger partial charge in [-0.05, 0) is 50.7 Å². The molecule has 0 aliphatic carbocycles. The number of hydrogen-bond acceptors (Lipinski definition) is 4. The van der Waals surface area contributed by atoms with Crippen LogP contribution in [0.1, 0.15) is 30.0 Å². The van der Waals surface area contributed by atoms with Crippen LogP contribution in [0.4, 0.5) is 0 Å². The Morgan fingerprint density at radius 1 is 1.14 bits per heavy atom. The number of hydrogen-bond donors (Lipinski definition) is 2. The molecule has 114 valence electrons. The summed E-state index contributed by atoms with van der Waals surface area (Å²) in [4.78, 5) is 0.266. The largest absolute Gasteiger partial charge is 0.465 e. The lowest BCUT2D eigenvalue weighted by molar-refractivity contribution is 0.444. The first-order chi connectivity index (χ1) is 9.92. The summed E-state index contributed by atoms with van der Waals surface area (Å²) in [5.74, 6) is 1.77. The average molecular weight is 308 g/mol. The molecule has 1 aromatic heterocycles. The molecule has 0 amide bonds. The van der Waals surface area contributed by atoms with Crippen molar-refractivity contribution in [2.75, 3.05) is 7.05 Å². The second-order valence-electron chi connectivity index (χ2n) is 4.89. The smallest absolute Gasteiger partial charge is 0.240 e. The Labute approximate surface area is 125 Å². The van der Waals surface area contributed by atoms with Gasteiger partial charge in [-0.3, -0.25) is 0 Å². The van der Waals surface area contributed by atoms with Gasteiger partial charge in [-0.2, -0.15) is 0 Å². The zero-order valence-electron chi connectivity index (χ0n) is 12.4. The molecule has 2 aromatic rings. The van der Waals surface area contributed by atoms with E-state index in [1.165, 1.54) is 7.05 Å². The van der Waals surface area contributed by atoms with Crippen molar-refractivity contribution in [1.29, 1.82) is 0 Å². The van der Waals surface area contributed by atoms with E-state index in [4.69, 9.17) is 4.42 Å². The Morgan fingerprint density at radius 3 is 2.33 bits per heavy atom. The van der Waals surface area contributed by atoms with E-state index in [9.17, 15) is 8.42 Å². The van der Waals surface area contributed by atoms with Gasteiger partial charge in [0.05, 0.1) is 11.4 Å². The summed E-state index contributed by atoms with van der Waals surface area (Å²) in [5, 5.41) is 3.34. The summed E-state index contributed by atoms with van der Waals surface area (Å²) in [5.41, 5.74) is 1.02. The summed E-state index contributed by atoms with van der Waals surface area (Å²) in [7, 11) is -1.98. The summed E-state index contributed by atoms with van der Waals surface area (Å²) in [6.45, 7) is 4.57. The standard InChI is InChI=1S/C15H20N2O3S/c1-11-4-7-14(20-11)10-17-12(2)13-5-8-15(9-6-13)21(18,19)16-3/h4-9,12,16-17H,10H2,1-3H3. The summed E-state index contributed by atoms with van der Waals surface area (Å²) in [6, 6.07) is 10.8. The van der Waals surface area contributed by atoms with Crippen LogP contribution < -0.4 is 10.0 Å². The maximum atomic E-state index is 11.7. The molecule has 1 unspecified atom stereocenters. The lowest BCUT2D eigenvalue weighted by Gasteiger charge is -2.14. The lowest BCUT2D eigenvalue weighted by atomic mass is 10.1. The molecule has 21 heavy (non-hydrogen) atoms. The molecule has 0 bridgehead atoms. The molecule has 0 aliphatic rings. The Morgan fingerprint density at radius 2 is 1.81 bits per heavy atom. The fourth-order valence-electron chi connectivity index (χ4n) is 2.01. The van der Waals surface area contributed by atoms with Crippen molar-refractivity contribution in [3.63, 3.8) is 0 Å². The molecule has 0 fully saturated rings. The van der Waals surface area contributed by atoms with E-state index in [1.54, 1.807) is 12.1 Å². The van der Waals surface area contributed by atoms with Crippen molar-refractivity contribution in [3.8, 4) is 0 Å². The first-order valence-corrected chi connectivity index (χ1v) is 8.23. The third-order valence-corrected chi connectivity index (χ3v) is 4.77. The number of aryl methyl sites for hydroxylation is 1. The van der Waals surface area contributed by atoms with E-state index in [0.717, 1.165) is 17.1 Å². The highest BCUT2D eigenvalue weighted by Crippen LogP contribution is 2.17. The molecule has 1 heterocycles. The molecule has 0 radical (unpaired) electrons. The number of benzene rings is 1. The molecule has 0 saturated heterocycles. The van der Waals surface area contributed by atoms with Crippen LogP contribution in [0.15, 0.2) is 45.7 Å². The summed E-state index contributed by atoms with van der Waals surface area (Å²) < 4.78 is 31.1. The van der Waals surface area contributed by atoms with Crippen molar-refractivity contribution in [3.05, 3.63) is 53.5 Å². The summed E-state index contributed by atoms with van der Waals surface area (Å²) >= 11 is 0. The Bertz CT molecular complexity index is 690. The third kappa shape index (κ3) is 3.93. The van der Waals surface area contributed by atoms with Gasteiger partial charge in [0.15, 0.2) is 0 Å². The van der Waals surface area contributed by atoms with Gasteiger partial charge >= 0.3 is 0 Å². The monoisotopic (exact) mass is 308 g/mol. The third-order valence-electron chi connectivity index (χ3n) is 3.34. The van der Waals surface area contributed by atoms with Crippen molar-refractivity contribution in [2.24, 2.45) is 0 Å². The van der Waals surface area contributed by atoms with Crippen LogP contribution in [0.5, 0.6) is 0 Å².